The van der Waals surface area contributed by atoms with Crippen LogP contribution >= 0.6 is 0 Å². The van der Waals surface area contributed by atoms with Gasteiger partial charge in [0.2, 0.25) is 0 Å². The zero-order valence-electron chi connectivity index (χ0n) is 20.7. The number of benzene rings is 3. The van der Waals surface area contributed by atoms with Gasteiger partial charge >= 0.3 is 0 Å². The van der Waals surface area contributed by atoms with E-state index in [0.29, 0.717) is 17.7 Å². The number of nitrogens with one attached hydrogen (secondary N) is 2. The van der Waals surface area contributed by atoms with Crippen molar-refractivity contribution in [3.05, 3.63) is 95.8 Å². The van der Waals surface area contributed by atoms with Crippen molar-refractivity contribution in [3.63, 3.8) is 0 Å². The number of rotatable bonds is 10. The van der Waals surface area contributed by atoms with Crippen LogP contribution < -0.4 is 10.6 Å². The van der Waals surface area contributed by atoms with Crippen molar-refractivity contribution in [2.24, 2.45) is 5.41 Å². The molecule has 192 valence electrons. The lowest BCUT2D eigenvalue weighted by molar-refractivity contribution is 0.0851. The monoisotopic (exact) mass is 512 g/mol. The Morgan fingerprint density at radius 3 is 2.14 bits per heavy atom. The van der Waals surface area contributed by atoms with Gasteiger partial charge in [-0.15, -0.1) is 0 Å². The average molecular weight is 513 g/mol. The molecule has 0 unspecified atom stereocenters. The zero-order chi connectivity index (χ0) is 26.3. The van der Waals surface area contributed by atoms with Crippen LogP contribution in [0.5, 0.6) is 0 Å². The Bertz CT molecular complexity index is 1240. The lowest BCUT2D eigenvalue weighted by Crippen LogP contribution is -2.47. The molecule has 0 aliphatic heterocycles. The number of halogens is 1. The molecule has 2 atom stereocenters. The minimum absolute atomic E-state index is 0.0421. The van der Waals surface area contributed by atoms with Crippen LogP contribution in [-0.4, -0.2) is 43.9 Å². The molecule has 3 aromatic rings. The third-order valence-electron chi connectivity index (χ3n) is 5.54. The SMILES string of the molecule is CC(C)(C)CS(=O)(=O)c1ccc(NC[C@H](O)[C@H](Cc2ccccc2)NC(=O)c2ccc(F)cc2)cc1. The van der Waals surface area contributed by atoms with Gasteiger partial charge in [0.1, 0.15) is 5.82 Å². The third kappa shape index (κ3) is 8.17. The smallest absolute Gasteiger partial charge is 0.251 e. The molecule has 8 heteroatoms. The minimum Gasteiger partial charge on any atom is -0.389 e. The molecule has 0 radical (unpaired) electrons. The van der Waals surface area contributed by atoms with Crippen molar-refractivity contribution in [2.75, 3.05) is 17.6 Å². The van der Waals surface area contributed by atoms with Gasteiger partial charge in [-0.05, 0) is 65.9 Å². The molecular weight excluding hydrogens is 479 g/mol. The fourth-order valence-electron chi connectivity index (χ4n) is 3.80. The van der Waals surface area contributed by atoms with E-state index in [4.69, 9.17) is 0 Å². The van der Waals surface area contributed by atoms with Crippen LogP contribution in [0.2, 0.25) is 0 Å². The van der Waals surface area contributed by atoms with Crippen molar-refractivity contribution in [2.45, 2.75) is 44.2 Å². The Balaban J connectivity index is 1.68. The second-order valence-corrected chi connectivity index (χ2v) is 12.1. The molecule has 0 saturated heterocycles. The Labute approximate surface area is 212 Å². The fraction of sp³-hybridized carbons (Fsp3) is 0.321. The molecule has 3 N–H and O–H groups in total. The summed E-state index contributed by atoms with van der Waals surface area (Å²) in [5.74, 6) is -0.808. The van der Waals surface area contributed by atoms with Gasteiger partial charge in [0, 0.05) is 17.8 Å². The van der Waals surface area contributed by atoms with Crippen LogP contribution in [0.1, 0.15) is 36.7 Å². The molecule has 0 bridgehead atoms. The van der Waals surface area contributed by atoms with E-state index in [-0.39, 0.29) is 22.6 Å². The number of hydrogen-bond donors (Lipinski definition) is 3. The summed E-state index contributed by atoms with van der Waals surface area (Å²) in [6, 6.07) is 20.5. The van der Waals surface area contributed by atoms with Gasteiger partial charge in [0.25, 0.3) is 5.91 Å². The molecule has 1 amide bonds. The molecule has 0 aliphatic rings. The first-order chi connectivity index (χ1) is 16.9. The number of aliphatic hydroxyl groups excluding tert-OH is 1. The summed E-state index contributed by atoms with van der Waals surface area (Å²) in [6.07, 6.45) is -0.570. The van der Waals surface area contributed by atoms with E-state index in [1.165, 1.54) is 24.3 Å². The zero-order valence-corrected chi connectivity index (χ0v) is 21.6. The number of carbonyl (C=O) groups excluding carboxylic acids is 1. The van der Waals surface area contributed by atoms with Gasteiger partial charge in [0.05, 0.1) is 22.8 Å². The summed E-state index contributed by atoms with van der Waals surface area (Å²) >= 11 is 0. The molecule has 0 spiro atoms. The van der Waals surface area contributed by atoms with E-state index in [1.807, 2.05) is 51.1 Å². The molecule has 0 aromatic heterocycles. The fourth-order valence-corrected chi connectivity index (χ4v) is 5.66. The molecule has 3 rings (SSSR count). The first-order valence-electron chi connectivity index (χ1n) is 11.8. The van der Waals surface area contributed by atoms with Gasteiger partial charge < -0.3 is 15.7 Å². The van der Waals surface area contributed by atoms with Gasteiger partial charge in [-0.25, -0.2) is 12.8 Å². The van der Waals surface area contributed by atoms with Crippen LogP contribution in [0.25, 0.3) is 0 Å². The normalized spacial score (nSPS) is 13.6. The summed E-state index contributed by atoms with van der Waals surface area (Å²) in [5, 5.41) is 16.9. The number of sulfone groups is 1. The lowest BCUT2D eigenvalue weighted by Gasteiger charge is -2.25. The topological polar surface area (TPSA) is 95.5 Å². The maximum atomic E-state index is 13.2. The summed E-state index contributed by atoms with van der Waals surface area (Å²) in [7, 11) is -3.40. The van der Waals surface area contributed by atoms with E-state index in [2.05, 4.69) is 10.6 Å². The highest BCUT2D eigenvalue weighted by Gasteiger charge is 2.24. The first-order valence-corrected chi connectivity index (χ1v) is 13.4. The van der Waals surface area contributed by atoms with Gasteiger partial charge in [-0.2, -0.15) is 0 Å². The van der Waals surface area contributed by atoms with Crippen molar-refractivity contribution in [1.29, 1.82) is 0 Å². The van der Waals surface area contributed by atoms with Crippen LogP contribution in [0.15, 0.2) is 83.8 Å². The molecule has 0 aliphatic carbocycles. The highest BCUT2D eigenvalue weighted by Crippen LogP contribution is 2.23. The van der Waals surface area contributed by atoms with E-state index in [1.54, 1.807) is 24.3 Å². The highest BCUT2D eigenvalue weighted by molar-refractivity contribution is 7.91. The molecule has 0 fully saturated rings. The molecule has 0 heterocycles. The predicted octanol–water partition coefficient (Wildman–Crippen LogP) is 4.46. The molecule has 3 aromatic carbocycles. The summed E-state index contributed by atoms with van der Waals surface area (Å²) < 4.78 is 38.4. The predicted molar refractivity (Wildman–Crippen MR) is 140 cm³/mol. The third-order valence-corrected chi connectivity index (χ3v) is 7.77. The maximum absolute atomic E-state index is 13.2. The van der Waals surface area contributed by atoms with E-state index < -0.39 is 33.7 Å². The van der Waals surface area contributed by atoms with Gasteiger partial charge in [-0.1, -0.05) is 51.1 Å². The average Bonchev–Trinajstić information content (AvgIpc) is 2.82. The number of aliphatic hydroxyl groups is 1. The molecule has 6 nitrogen and oxygen atoms in total. The van der Waals surface area contributed by atoms with Crippen LogP contribution in [0.4, 0.5) is 10.1 Å². The second kappa shape index (κ2) is 11.7. The summed E-state index contributed by atoms with van der Waals surface area (Å²) in [4.78, 5) is 13.0. The number of anilines is 1. The molecular formula is C28H33FN2O4S. The first kappa shape index (κ1) is 27.4. The molecule has 0 saturated carbocycles. The standard InChI is InChI=1S/C28H33FN2O4S/c1-28(2,3)19-36(34,35)24-15-13-23(14-16-24)30-18-26(32)25(17-20-7-5-4-6-8-20)31-27(33)21-9-11-22(29)12-10-21/h4-16,25-26,30,32H,17-19H2,1-3H3,(H,31,33)/t25-,26-/m0/s1. The number of hydrogen-bond acceptors (Lipinski definition) is 5. The second-order valence-electron chi connectivity index (χ2n) is 10.1. The Kier molecular flexibility index (Phi) is 8.87. The Hall–Kier alpha value is -3.23. The van der Waals surface area contributed by atoms with E-state index in [0.717, 1.165) is 5.56 Å². The van der Waals surface area contributed by atoms with Crippen molar-refractivity contribution in [3.8, 4) is 0 Å². The minimum atomic E-state index is -3.40. The van der Waals surface area contributed by atoms with Gasteiger partial charge in [-0.3, -0.25) is 4.79 Å². The number of carbonyl (C=O) groups is 1. The Morgan fingerprint density at radius 1 is 0.944 bits per heavy atom. The quantitative estimate of drug-likeness (QED) is 0.373. The van der Waals surface area contributed by atoms with Crippen molar-refractivity contribution in [1.82, 2.24) is 5.32 Å². The molecule has 36 heavy (non-hydrogen) atoms. The van der Waals surface area contributed by atoms with Crippen LogP contribution in [0, 0.1) is 11.2 Å². The van der Waals surface area contributed by atoms with Crippen LogP contribution in [-0.2, 0) is 16.3 Å². The Morgan fingerprint density at radius 2 is 1.56 bits per heavy atom. The maximum Gasteiger partial charge on any atom is 0.251 e. The van der Waals surface area contributed by atoms with E-state index >= 15 is 0 Å². The largest absolute Gasteiger partial charge is 0.389 e. The van der Waals surface area contributed by atoms with E-state index in [9.17, 15) is 22.7 Å². The van der Waals surface area contributed by atoms with Crippen molar-refractivity contribution >= 4 is 21.4 Å². The summed E-state index contributed by atoms with van der Waals surface area (Å²) in [6.45, 7) is 5.75. The van der Waals surface area contributed by atoms with Crippen molar-refractivity contribution < 1.29 is 22.7 Å². The summed E-state index contributed by atoms with van der Waals surface area (Å²) in [5.41, 5.74) is 1.52. The van der Waals surface area contributed by atoms with Crippen LogP contribution in [0.3, 0.4) is 0 Å². The van der Waals surface area contributed by atoms with Gasteiger partial charge in [0.15, 0.2) is 9.84 Å². The highest BCUT2D eigenvalue weighted by atomic mass is 32.2. The lowest BCUT2D eigenvalue weighted by atomic mass is 10.0. The number of amides is 1.